The summed E-state index contributed by atoms with van der Waals surface area (Å²) in [5.74, 6) is 0. The van der Waals surface area contributed by atoms with E-state index in [1.165, 1.54) is 17.8 Å². The molecule has 0 amide bonds. The van der Waals surface area contributed by atoms with Crippen molar-refractivity contribution in [1.29, 1.82) is 0 Å². The van der Waals surface area contributed by atoms with Crippen LogP contribution in [0.5, 0.6) is 0 Å². The zero-order valence-corrected chi connectivity index (χ0v) is 14.4. The molecule has 112 valence electrons. The number of pyridine rings is 1. The van der Waals surface area contributed by atoms with Gasteiger partial charge >= 0.3 is 0 Å². The first-order valence-electron chi connectivity index (χ1n) is 6.11. The van der Waals surface area contributed by atoms with E-state index in [-0.39, 0.29) is 4.90 Å². The molecule has 0 radical (unpaired) electrons. The largest absolute Gasteiger partial charge is 0.398 e. The molecule has 0 fully saturated rings. The quantitative estimate of drug-likeness (QED) is 0.770. The lowest BCUT2D eigenvalue weighted by atomic mass is 10.3. The lowest BCUT2D eigenvalue weighted by Crippen LogP contribution is -2.23. The molecule has 0 aliphatic carbocycles. The van der Waals surface area contributed by atoms with E-state index < -0.39 is 10.0 Å². The molecular weight excluding hydrogens is 374 g/mol. The summed E-state index contributed by atoms with van der Waals surface area (Å²) in [6, 6.07) is 8.31. The second-order valence-electron chi connectivity index (χ2n) is 4.09. The first kappa shape index (κ1) is 16.3. The molecule has 2 rings (SSSR count). The number of nitrogens with two attached hydrogens (primary N) is 1. The van der Waals surface area contributed by atoms with Crippen LogP contribution in [0.4, 0.5) is 5.69 Å². The third kappa shape index (κ3) is 3.97. The molecule has 2 aromatic rings. The summed E-state index contributed by atoms with van der Waals surface area (Å²) in [6.45, 7) is 2.07. The van der Waals surface area contributed by atoms with Crippen LogP contribution in [0, 0.1) is 0 Å². The van der Waals surface area contributed by atoms with Gasteiger partial charge in [-0.2, -0.15) is 0 Å². The van der Waals surface area contributed by atoms with Crippen LogP contribution in [0.25, 0.3) is 0 Å². The number of sulfonamides is 1. The van der Waals surface area contributed by atoms with Crippen LogP contribution in [0.3, 0.4) is 0 Å². The Morgan fingerprint density at radius 3 is 2.81 bits per heavy atom. The molecule has 0 aliphatic heterocycles. The van der Waals surface area contributed by atoms with Crippen molar-refractivity contribution in [3.8, 4) is 0 Å². The van der Waals surface area contributed by atoms with Crippen LogP contribution in [0.2, 0.25) is 0 Å². The van der Waals surface area contributed by atoms with E-state index in [1.54, 1.807) is 25.3 Å². The Bertz CT molecular complexity index is 751. The van der Waals surface area contributed by atoms with Crippen molar-refractivity contribution in [3.63, 3.8) is 0 Å². The zero-order chi connectivity index (χ0) is 15.5. The minimum absolute atomic E-state index is 0.188. The van der Waals surface area contributed by atoms with Crippen molar-refractivity contribution in [2.24, 2.45) is 0 Å². The highest BCUT2D eigenvalue weighted by atomic mass is 79.9. The van der Waals surface area contributed by atoms with Crippen LogP contribution in [0.1, 0.15) is 6.92 Å². The van der Waals surface area contributed by atoms with E-state index in [0.717, 1.165) is 9.50 Å². The predicted molar refractivity (Wildman–Crippen MR) is 87.8 cm³/mol. The van der Waals surface area contributed by atoms with E-state index in [1.807, 2.05) is 12.1 Å². The van der Waals surface area contributed by atoms with E-state index in [9.17, 15) is 8.42 Å². The Morgan fingerprint density at radius 1 is 1.38 bits per heavy atom. The average Bonchev–Trinajstić information content (AvgIpc) is 2.43. The molecule has 0 bridgehead atoms. The summed E-state index contributed by atoms with van der Waals surface area (Å²) < 4.78 is 27.3. The van der Waals surface area contributed by atoms with Crippen LogP contribution in [-0.4, -0.2) is 19.9 Å². The Balaban J connectivity index is 2.39. The van der Waals surface area contributed by atoms with Gasteiger partial charge in [-0.1, -0.05) is 18.7 Å². The SMILES string of the molecule is CCNS(=O)(=O)c1ccc(N)c(Sc2ncccc2Br)c1. The van der Waals surface area contributed by atoms with Gasteiger partial charge in [-0.3, -0.25) is 0 Å². The first-order chi connectivity index (χ1) is 9.94. The van der Waals surface area contributed by atoms with E-state index in [2.05, 4.69) is 25.6 Å². The van der Waals surface area contributed by atoms with Gasteiger partial charge in [0.1, 0.15) is 5.03 Å². The molecule has 21 heavy (non-hydrogen) atoms. The van der Waals surface area contributed by atoms with Gasteiger partial charge in [0.15, 0.2) is 0 Å². The Kier molecular flexibility index (Phi) is 5.26. The summed E-state index contributed by atoms with van der Waals surface area (Å²) in [7, 11) is -3.50. The number of halogens is 1. The maximum Gasteiger partial charge on any atom is 0.240 e. The van der Waals surface area contributed by atoms with Crippen molar-refractivity contribution in [2.75, 3.05) is 12.3 Å². The number of rotatable bonds is 5. The summed E-state index contributed by atoms with van der Waals surface area (Å²) in [5, 5.41) is 0.724. The van der Waals surface area contributed by atoms with Gasteiger partial charge < -0.3 is 5.73 Å². The molecule has 3 N–H and O–H groups in total. The maximum absolute atomic E-state index is 12.0. The van der Waals surface area contributed by atoms with Gasteiger partial charge in [0, 0.05) is 23.3 Å². The molecule has 1 aromatic carbocycles. The number of aromatic nitrogens is 1. The van der Waals surface area contributed by atoms with Crippen LogP contribution in [-0.2, 0) is 10.0 Å². The minimum atomic E-state index is -3.50. The lowest BCUT2D eigenvalue weighted by molar-refractivity contribution is 0.583. The number of anilines is 1. The van der Waals surface area contributed by atoms with Gasteiger partial charge in [0.25, 0.3) is 0 Å². The smallest absolute Gasteiger partial charge is 0.240 e. The number of benzene rings is 1. The molecule has 1 heterocycles. The minimum Gasteiger partial charge on any atom is -0.398 e. The average molecular weight is 388 g/mol. The number of hydrogen-bond acceptors (Lipinski definition) is 5. The molecule has 0 unspecified atom stereocenters. The molecule has 0 saturated heterocycles. The Morgan fingerprint density at radius 2 is 2.14 bits per heavy atom. The summed E-state index contributed by atoms with van der Waals surface area (Å²) in [4.78, 5) is 5.07. The normalized spacial score (nSPS) is 11.5. The van der Waals surface area contributed by atoms with Gasteiger partial charge in [-0.05, 0) is 46.3 Å². The molecule has 8 heteroatoms. The molecule has 5 nitrogen and oxygen atoms in total. The second kappa shape index (κ2) is 6.78. The van der Waals surface area contributed by atoms with Gasteiger partial charge in [0.2, 0.25) is 10.0 Å². The fourth-order valence-electron chi connectivity index (χ4n) is 1.59. The lowest BCUT2D eigenvalue weighted by Gasteiger charge is -2.09. The molecule has 0 atom stereocenters. The van der Waals surface area contributed by atoms with Gasteiger partial charge in [0.05, 0.1) is 9.37 Å². The molecule has 1 aromatic heterocycles. The molecule has 0 spiro atoms. The van der Waals surface area contributed by atoms with Gasteiger partial charge in [-0.25, -0.2) is 18.1 Å². The van der Waals surface area contributed by atoms with E-state index in [4.69, 9.17) is 5.73 Å². The summed E-state index contributed by atoms with van der Waals surface area (Å²) in [6.07, 6.45) is 1.67. The highest BCUT2D eigenvalue weighted by molar-refractivity contribution is 9.10. The van der Waals surface area contributed by atoms with Gasteiger partial charge in [-0.15, -0.1) is 0 Å². The Hall–Kier alpha value is -1.09. The highest BCUT2D eigenvalue weighted by Gasteiger charge is 2.15. The van der Waals surface area contributed by atoms with Crippen LogP contribution < -0.4 is 10.5 Å². The van der Waals surface area contributed by atoms with Crippen molar-refractivity contribution < 1.29 is 8.42 Å². The number of nitrogens with zero attached hydrogens (tertiary/aromatic N) is 1. The fraction of sp³-hybridized carbons (Fsp3) is 0.154. The second-order valence-corrected chi connectivity index (χ2v) is 7.75. The molecule has 0 saturated carbocycles. The summed E-state index contributed by atoms with van der Waals surface area (Å²) >= 11 is 4.72. The third-order valence-electron chi connectivity index (χ3n) is 2.56. The first-order valence-corrected chi connectivity index (χ1v) is 9.21. The molecule has 0 aliphatic rings. The number of nitrogens with one attached hydrogen (secondary N) is 1. The molecular formula is C13H14BrN3O2S2. The van der Waals surface area contributed by atoms with Crippen molar-refractivity contribution in [2.45, 2.75) is 21.7 Å². The van der Waals surface area contributed by atoms with E-state index in [0.29, 0.717) is 17.1 Å². The van der Waals surface area contributed by atoms with Crippen LogP contribution in [0.15, 0.2) is 55.8 Å². The summed E-state index contributed by atoms with van der Waals surface area (Å²) in [5.41, 5.74) is 6.43. The third-order valence-corrected chi connectivity index (χ3v) is 6.10. The highest BCUT2D eigenvalue weighted by Crippen LogP contribution is 2.35. The standard InChI is InChI=1S/C13H14BrN3O2S2/c1-2-17-21(18,19)9-5-6-11(15)12(8-9)20-13-10(14)4-3-7-16-13/h3-8,17H,2,15H2,1H3. The maximum atomic E-state index is 12.0. The fourth-order valence-corrected chi connectivity index (χ4v) is 4.09. The Labute approximate surface area is 136 Å². The number of nitrogen functional groups attached to an aromatic ring is 1. The van der Waals surface area contributed by atoms with Crippen LogP contribution >= 0.6 is 27.7 Å². The zero-order valence-electron chi connectivity index (χ0n) is 11.2. The monoisotopic (exact) mass is 387 g/mol. The number of hydrogen-bond donors (Lipinski definition) is 2. The predicted octanol–water partition coefficient (Wildman–Crippen LogP) is 2.88. The van der Waals surface area contributed by atoms with E-state index >= 15 is 0 Å². The van der Waals surface area contributed by atoms with Crippen molar-refractivity contribution >= 4 is 43.4 Å². The van der Waals surface area contributed by atoms with Crippen molar-refractivity contribution in [3.05, 3.63) is 41.0 Å². The van der Waals surface area contributed by atoms with Crippen molar-refractivity contribution in [1.82, 2.24) is 9.71 Å². The topological polar surface area (TPSA) is 85.1 Å².